The molecule has 0 bridgehead atoms. The summed E-state index contributed by atoms with van der Waals surface area (Å²) in [5.41, 5.74) is 2.46. The molecule has 0 unspecified atom stereocenters. The third-order valence-corrected chi connectivity index (χ3v) is 7.32. The fourth-order valence-corrected chi connectivity index (χ4v) is 5.08. The van der Waals surface area contributed by atoms with Crippen LogP contribution in [-0.4, -0.2) is 38.7 Å². The maximum Gasteiger partial charge on any atom is 0.336 e. The molecule has 4 aromatic rings. The largest absolute Gasteiger partial charge is 0.495 e. The number of benzene rings is 4. The van der Waals surface area contributed by atoms with E-state index < -0.39 is 17.8 Å². The van der Waals surface area contributed by atoms with Crippen LogP contribution in [0.4, 0.5) is 10.5 Å². The Morgan fingerprint density at radius 1 is 0.860 bits per heavy atom. The van der Waals surface area contributed by atoms with Gasteiger partial charge in [0.2, 0.25) is 0 Å². The van der Waals surface area contributed by atoms with Crippen LogP contribution in [0.2, 0.25) is 5.02 Å². The number of carbonyl (C=O) groups excluding carboxylic acids is 3. The number of barbiturate groups is 1. The predicted molar refractivity (Wildman–Crippen MR) is 164 cm³/mol. The van der Waals surface area contributed by atoms with Gasteiger partial charge in [-0.3, -0.25) is 14.9 Å². The molecule has 0 atom stereocenters. The Labute approximate surface area is 253 Å². The van der Waals surface area contributed by atoms with Gasteiger partial charge < -0.3 is 18.9 Å². The number of amides is 4. The van der Waals surface area contributed by atoms with Crippen molar-refractivity contribution < 1.29 is 33.3 Å². The Morgan fingerprint density at radius 3 is 2.37 bits per heavy atom. The van der Waals surface area contributed by atoms with E-state index in [0.717, 1.165) is 26.8 Å². The monoisotopic (exact) mass is 600 g/mol. The molecule has 10 heteroatoms. The number of fused-ring (bicyclic) bond motifs is 1. The van der Waals surface area contributed by atoms with E-state index in [1.807, 2.05) is 26.0 Å². The minimum atomic E-state index is -0.933. The molecule has 1 aliphatic rings. The minimum absolute atomic E-state index is 0.0622. The zero-order valence-corrected chi connectivity index (χ0v) is 24.8. The van der Waals surface area contributed by atoms with Crippen molar-refractivity contribution in [3.8, 4) is 23.0 Å². The molecule has 0 aromatic heterocycles. The van der Waals surface area contributed by atoms with Gasteiger partial charge >= 0.3 is 6.03 Å². The van der Waals surface area contributed by atoms with E-state index in [1.54, 1.807) is 18.2 Å². The molecule has 43 heavy (non-hydrogen) atoms. The smallest absolute Gasteiger partial charge is 0.336 e. The van der Waals surface area contributed by atoms with Crippen LogP contribution in [-0.2, 0) is 16.2 Å². The summed E-state index contributed by atoms with van der Waals surface area (Å²) in [6.45, 7) is 4.57. The maximum absolute atomic E-state index is 13.6. The first-order valence-corrected chi connectivity index (χ1v) is 13.8. The van der Waals surface area contributed by atoms with E-state index >= 15 is 0 Å². The highest BCUT2D eigenvalue weighted by atomic mass is 35.5. The number of hydrogen-bond acceptors (Lipinski definition) is 7. The Bertz CT molecular complexity index is 1780. The van der Waals surface area contributed by atoms with E-state index in [1.165, 1.54) is 32.4 Å². The molecule has 5 rings (SSSR count). The van der Waals surface area contributed by atoms with Gasteiger partial charge in [0.25, 0.3) is 11.8 Å². The quantitative estimate of drug-likeness (QED) is 0.174. The lowest BCUT2D eigenvalue weighted by Gasteiger charge is -2.28. The third kappa shape index (κ3) is 5.85. The Morgan fingerprint density at radius 2 is 1.63 bits per heavy atom. The molecule has 0 radical (unpaired) electrons. The lowest BCUT2D eigenvalue weighted by atomic mass is 10.0. The number of ether oxygens (including phenoxy) is 4. The number of urea groups is 1. The second-order valence-corrected chi connectivity index (χ2v) is 10.0. The molecule has 1 saturated heterocycles. The van der Waals surface area contributed by atoms with Crippen molar-refractivity contribution in [2.75, 3.05) is 25.7 Å². The van der Waals surface area contributed by atoms with Crippen LogP contribution in [0.5, 0.6) is 23.0 Å². The first kappa shape index (κ1) is 29.5. The number of anilines is 1. The van der Waals surface area contributed by atoms with Gasteiger partial charge in [0.15, 0.2) is 11.5 Å². The van der Waals surface area contributed by atoms with Crippen LogP contribution in [0, 0.1) is 6.92 Å². The number of halogens is 1. The highest BCUT2D eigenvalue weighted by Crippen LogP contribution is 2.39. The van der Waals surface area contributed by atoms with E-state index in [2.05, 4.69) is 29.6 Å². The topological polar surface area (TPSA) is 103 Å². The summed E-state index contributed by atoms with van der Waals surface area (Å²) in [6, 6.07) is 19.2. The van der Waals surface area contributed by atoms with Crippen LogP contribution in [0.1, 0.15) is 23.6 Å². The minimum Gasteiger partial charge on any atom is -0.495 e. The van der Waals surface area contributed by atoms with E-state index in [-0.39, 0.29) is 27.8 Å². The summed E-state index contributed by atoms with van der Waals surface area (Å²) in [7, 11) is 2.77. The summed E-state index contributed by atoms with van der Waals surface area (Å²) in [5, 5.41) is 4.67. The molecule has 4 amide bonds. The average Bonchev–Trinajstić information content (AvgIpc) is 3.00. The van der Waals surface area contributed by atoms with Crippen molar-refractivity contribution in [1.29, 1.82) is 0 Å². The van der Waals surface area contributed by atoms with Crippen LogP contribution in [0.25, 0.3) is 16.8 Å². The number of imide groups is 2. The van der Waals surface area contributed by atoms with Crippen molar-refractivity contribution in [2.45, 2.75) is 20.5 Å². The Kier molecular flexibility index (Phi) is 8.54. The highest BCUT2D eigenvalue weighted by Gasteiger charge is 2.38. The SMILES string of the molecule is CCOc1cc(/C=C2\C(=O)NC(=O)N(c3cc(OC)c(Cl)cc3OC)C2=O)ccc1OCc1c(C)ccc2ccccc12. The molecule has 0 saturated carbocycles. The lowest BCUT2D eigenvalue weighted by Crippen LogP contribution is -2.54. The number of hydrogen-bond donors (Lipinski definition) is 1. The summed E-state index contributed by atoms with van der Waals surface area (Å²) < 4.78 is 22.7. The van der Waals surface area contributed by atoms with Gasteiger partial charge in [-0.1, -0.05) is 54.1 Å². The molecule has 1 N–H and O–H groups in total. The molecule has 220 valence electrons. The second-order valence-electron chi connectivity index (χ2n) is 9.63. The van der Waals surface area contributed by atoms with Gasteiger partial charge in [0.1, 0.15) is 23.7 Å². The Balaban J connectivity index is 1.46. The fraction of sp³-hybridized carbons (Fsp3) is 0.182. The molecule has 0 spiro atoms. The van der Waals surface area contributed by atoms with Gasteiger partial charge in [0.05, 0.1) is 31.5 Å². The zero-order valence-electron chi connectivity index (χ0n) is 24.0. The van der Waals surface area contributed by atoms with Gasteiger partial charge in [-0.15, -0.1) is 0 Å². The maximum atomic E-state index is 13.6. The van der Waals surface area contributed by atoms with Crippen molar-refractivity contribution >= 4 is 52.0 Å². The molecule has 0 aliphatic carbocycles. The van der Waals surface area contributed by atoms with E-state index in [4.69, 9.17) is 30.5 Å². The van der Waals surface area contributed by atoms with Crippen LogP contribution in [0.15, 0.2) is 72.3 Å². The van der Waals surface area contributed by atoms with E-state index in [9.17, 15) is 14.4 Å². The molecule has 1 fully saturated rings. The number of rotatable bonds is 9. The summed E-state index contributed by atoms with van der Waals surface area (Å²) in [6.07, 6.45) is 1.39. The van der Waals surface area contributed by atoms with Crippen LogP contribution >= 0.6 is 11.6 Å². The van der Waals surface area contributed by atoms with Crippen molar-refractivity contribution in [1.82, 2.24) is 5.32 Å². The molecule has 1 aliphatic heterocycles. The van der Waals surface area contributed by atoms with Gasteiger partial charge in [-0.25, -0.2) is 9.69 Å². The number of nitrogens with one attached hydrogen (secondary N) is 1. The highest BCUT2D eigenvalue weighted by molar-refractivity contribution is 6.39. The summed E-state index contributed by atoms with van der Waals surface area (Å²) in [5.74, 6) is -0.376. The number of nitrogens with zero attached hydrogens (tertiary/aromatic N) is 1. The van der Waals surface area contributed by atoms with E-state index in [0.29, 0.717) is 30.3 Å². The Hall–Kier alpha value is -5.02. The van der Waals surface area contributed by atoms with Gasteiger partial charge in [0, 0.05) is 17.7 Å². The van der Waals surface area contributed by atoms with Crippen molar-refractivity contribution in [3.63, 3.8) is 0 Å². The molecule has 1 heterocycles. The predicted octanol–water partition coefficient (Wildman–Crippen LogP) is 6.46. The van der Waals surface area contributed by atoms with Crippen LogP contribution in [0.3, 0.4) is 0 Å². The first-order valence-electron chi connectivity index (χ1n) is 13.5. The number of carbonyl (C=O) groups is 3. The fourth-order valence-electron chi connectivity index (χ4n) is 4.85. The zero-order chi connectivity index (χ0) is 30.7. The third-order valence-electron chi connectivity index (χ3n) is 7.02. The molecular formula is C33H29ClN2O7. The lowest BCUT2D eigenvalue weighted by molar-refractivity contribution is -0.122. The molecule has 9 nitrogen and oxygen atoms in total. The van der Waals surface area contributed by atoms with Gasteiger partial charge in [-0.2, -0.15) is 0 Å². The molecular weight excluding hydrogens is 572 g/mol. The van der Waals surface area contributed by atoms with Crippen LogP contribution < -0.4 is 29.2 Å². The second kappa shape index (κ2) is 12.5. The standard InChI is InChI=1S/C33H29ClN2O7/c1-5-42-30-15-20(11-13-27(30)43-18-24-19(2)10-12-21-8-6-7-9-22(21)24)14-23-31(37)35-33(39)36(32(23)38)26-17-28(40-3)25(34)16-29(26)41-4/h6-17H,5,18H2,1-4H3,(H,35,37,39)/b23-14+. The van der Waals surface area contributed by atoms with Crippen molar-refractivity contribution in [3.05, 3.63) is 94.0 Å². The average molecular weight is 601 g/mol. The van der Waals surface area contributed by atoms with Crippen molar-refractivity contribution in [2.24, 2.45) is 0 Å². The normalized spacial score (nSPS) is 14.2. The van der Waals surface area contributed by atoms with Gasteiger partial charge in [-0.05, 0) is 54.0 Å². The molecule has 4 aromatic carbocycles. The first-order chi connectivity index (χ1) is 20.7. The summed E-state index contributed by atoms with van der Waals surface area (Å²) >= 11 is 6.20. The summed E-state index contributed by atoms with van der Waals surface area (Å²) in [4.78, 5) is 40.0. The number of methoxy groups -OCH3 is 2. The number of aryl methyl sites for hydroxylation is 1.